The molecule has 0 radical (unpaired) electrons. The number of hydrogen-bond donors (Lipinski definition) is 1. The van der Waals surface area contributed by atoms with Gasteiger partial charge in [-0.1, -0.05) is 31.5 Å². The van der Waals surface area contributed by atoms with E-state index in [1.54, 1.807) is 0 Å². The minimum Gasteiger partial charge on any atom is -0.368 e. The fourth-order valence-electron chi connectivity index (χ4n) is 2.86. The molecule has 0 unspecified atom stereocenters. The fourth-order valence-corrected chi connectivity index (χ4v) is 2.86. The van der Waals surface area contributed by atoms with Gasteiger partial charge in [-0.2, -0.15) is 0 Å². The van der Waals surface area contributed by atoms with E-state index in [1.165, 1.54) is 49.0 Å². The Morgan fingerprint density at radius 1 is 1.20 bits per heavy atom. The minimum atomic E-state index is 0.543. The first kappa shape index (κ1) is 13.9. The average Bonchev–Trinajstić information content (AvgIpc) is 3.26. The van der Waals surface area contributed by atoms with E-state index in [-0.39, 0.29) is 0 Å². The van der Waals surface area contributed by atoms with Crippen LogP contribution in [-0.2, 0) is 6.54 Å². The monoisotopic (exact) mass is 272 g/mol. The molecule has 2 aliphatic rings. The summed E-state index contributed by atoms with van der Waals surface area (Å²) >= 11 is 0. The van der Waals surface area contributed by atoms with Gasteiger partial charge in [-0.3, -0.25) is 0 Å². The van der Waals surface area contributed by atoms with Crippen LogP contribution in [0.25, 0.3) is 0 Å². The second kappa shape index (κ2) is 5.77. The second-order valence-corrected chi connectivity index (χ2v) is 6.99. The van der Waals surface area contributed by atoms with Gasteiger partial charge < -0.3 is 10.2 Å². The number of aryl methyl sites for hydroxylation is 1. The van der Waals surface area contributed by atoms with Gasteiger partial charge in [0.2, 0.25) is 0 Å². The fraction of sp³-hybridized carbons (Fsp3) is 0.667. The van der Waals surface area contributed by atoms with E-state index in [4.69, 9.17) is 0 Å². The lowest BCUT2D eigenvalue weighted by Gasteiger charge is -2.28. The molecule has 2 heteroatoms. The largest absolute Gasteiger partial charge is 0.368 e. The molecule has 2 fully saturated rings. The van der Waals surface area contributed by atoms with Crippen molar-refractivity contribution >= 4 is 5.69 Å². The molecule has 0 aliphatic heterocycles. The number of hydrogen-bond acceptors (Lipinski definition) is 2. The lowest BCUT2D eigenvalue weighted by atomic mass is 10.1. The van der Waals surface area contributed by atoms with E-state index < -0.39 is 0 Å². The van der Waals surface area contributed by atoms with Gasteiger partial charge in [-0.05, 0) is 50.2 Å². The van der Waals surface area contributed by atoms with Crippen LogP contribution in [0.3, 0.4) is 0 Å². The van der Waals surface area contributed by atoms with Crippen LogP contribution < -0.4 is 10.2 Å². The Balaban J connectivity index is 1.81. The third kappa shape index (κ3) is 3.54. The van der Waals surface area contributed by atoms with E-state index in [0.717, 1.165) is 18.5 Å². The molecule has 110 valence electrons. The second-order valence-electron chi connectivity index (χ2n) is 6.99. The van der Waals surface area contributed by atoms with Crippen molar-refractivity contribution in [3.05, 3.63) is 29.3 Å². The highest BCUT2D eigenvalue weighted by Crippen LogP contribution is 2.39. The number of rotatable bonds is 7. The third-order valence-corrected chi connectivity index (χ3v) is 4.38. The van der Waals surface area contributed by atoms with Crippen molar-refractivity contribution in [2.45, 2.75) is 65.1 Å². The van der Waals surface area contributed by atoms with Gasteiger partial charge in [0.1, 0.15) is 0 Å². The zero-order valence-corrected chi connectivity index (χ0v) is 13.2. The minimum absolute atomic E-state index is 0.543. The Labute approximate surface area is 123 Å². The normalized spacial score (nSPS) is 18.6. The molecule has 0 spiro atoms. The third-order valence-electron chi connectivity index (χ3n) is 4.38. The first-order valence-electron chi connectivity index (χ1n) is 8.23. The van der Waals surface area contributed by atoms with Crippen LogP contribution in [0.4, 0.5) is 5.69 Å². The first-order chi connectivity index (χ1) is 9.63. The zero-order chi connectivity index (χ0) is 14.1. The Morgan fingerprint density at radius 3 is 2.55 bits per heavy atom. The van der Waals surface area contributed by atoms with E-state index >= 15 is 0 Å². The topological polar surface area (TPSA) is 15.3 Å². The van der Waals surface area contributed by atoms with E-state index in [2.05, 4.69) is 49.2 Å². The van der Waals surface area contributed by atoms with Crippen LogP contribution in [-0.4, -0.2) is 18.6 Å². The molecule has 20 heavy (non-hydrogen) atoms. The van der Waals surface area contributed by atoms with Gasteiger partial charge in [0, 0.05) is 30.9 Å². The summed E-state index contributed by atoms with van der Waals surface area (Å²) in [6.45, 7) is 8.91. The molecule has 0 bridgehead atoms. The highest BCUT2D eigenvalue weighted by atomic mass is 15.2. The summed E-state index contributed by atoms with van der Waals surface area (Å²) in [6.07, 6.45) is 5.65. The molecule has 2 nitrogen and oxygen atoms in total. The lowest BCUT2D eigenvalue weighted by Crippen LogP contribution is -2.30. The Kier molecular flexibility index (Phi) is 4.02. The van der Waals surface area contributed by atoms with Crippen LogP contribution >= 0.6 is 0 Å². The first-order valence-corrected chi connectivity index (χ1v) is 8.23. The summed E-state index contributed by atoms with van der Waals surface area (Å²) in [5, 5.41) is 3.59. The summed E-state index contributed by atoms with van der Waals surface area (Å²) in [7, 11) is 0. The molecule has 0 aromatic heterocycles. The van der Waals surface area contributed by atoms with Crippen molar-refractivity contribution in [1.29, 1.82) is 0 Å². The molecule has 0 amide bonds. The van der Waals surface area contributed by atoms with Gasteiger partial charge in [0.05, 0.1) is 0 Å². The van der Waals surface area contributed by atoms with Crippen LogP contribution in [0.15, 0.2) is 18.2 Å². The summed E-state index contributed by atoms with van der Waals surface area (Å²) in [5.41, 5.74) is 4.33. The number of anilines is 1. The molecule has 0 atom stereocenters. The summed E-state index contributed by atoms with van der Waals surface area (Å²) in [4.78, 5) is 2.70. The molecule has 1 aromatic carbocycles. The SMILES string of the molecule is Cc1ccc(N(CC2CC2)C2CC2)c(CNC(C)C)c1. The summed E-state index contributed by atoms with van der Waals surface area (Å²) < 4.78 is 0. The molecule has 2 aliphatic carbocycles. The molecule has 1 aromatic rings. The van der Waals surface area contributed by atoms with Gasteiger partial charge in [-0.15, -0.1) is 0 Å². The van der Waals surface area contributed by atoms with Gasteiger partial charge in [-0.25, -0.2) is 0 Å². The Morgan fingerprint density at radius 2 is 1.95 bits per heavy atom. The Bertz CT molecular complexity index is 458. The maximum absolute atomic E-state index is 3.59. The van der Waals surface area contributed by atoms with Crippen molar-refractivity contribution < 1.29 is 0 Å². The van der Waals surface area contributed by atoms with Crippen LogP contribution in [0.2, 0.25) is 0 Å². The van der Waals surface area contributed by atoms with E-state index in [9.17, 15) is 0 Å². The molecular weight excluding hydrogens is 244 g/mol. The van der Waals surface area contributed by atoms with Crippen LogP contribution in [0.1, 0.15) is 50.7 Å². The highest BCUT2D eigenvalue weighted by Gasteiger charge is 2.34. The van der Waals surface area contributed by atoms with Crippen molar-refractivity contribution in [2.75, 3.05) is 11.4 Å². The van der Waals surface area contributed by atoms with Crippen LogP contribution in [0.5, 0.6) is 0 Å². The zero-order valence-electron chi connectivity index (χ0n) is 13.2. The van der Waals surface area contributed by atoms with Crippen molar-refractivity contribution in [2.24, 2.45) is 5.92 Å². The predicted molar refractivity (Wildman–Crippen MR) is 86.2 cm³/mol. The lowest BCUT2D eigenvalue weighted by molar-refractivity contribution is 0.586. The van der Waals surface area contributed by atoms with Crippen LogP contribution in [0, 0.1) is 12.8 Å². The predicted octanol–water partition coefficient (Wildman–Crippen LogP) is 3.87. The molecule has 1 N–H and O–H groups in total. The molecule has 0 saturated heterocycles. The standard InChI is InChI=1S/C18H28N2/c1-13(2)19-11-16-10-14(3)4-9-18(16)20(17-7-8-17)12-15-5-6-15/h4,9-10,13,15,17,19H,5-8,11-12H2,1-3H3. The number of nitrogens with zero attached hydrogens (tertiary/aromatic N) is 1. The highest BCUT2D eigenvalue weighted by molar-refractivity contribution is 5.57. The summed E-state index contributed by atoms with van der Waals surface area (Å²) in [5.74, 6) is 0.961. The van der Waals surface area contributed by atoms with Gasteiger partial charge in [0.15, 0.2) is 0 Å². The quantitative estimate of drug-likeness (QED) is 0.810. The Hall–Kier alpha value is -1.02. The maximum Gasteiger partial charge on any atom is 0.0414 e. The smallest absolute Gasteiger partial charge is 0.0414 e. The van der Waals surface area contributed by atoms with E-state index in [1.807, 2.05) is 0 Å². The van der Waals surface area contributed by atoms with Crippen molar-refractivity contribution in [1.82, 2.24) is 5.32 Å². The number of benzene rings is 1. The van der Waals surface area contributed by atoms with Crippen molar-refractivity contribution in [3.8, 4) is 0 Å². The summed E-state index contributed by atoms with van der Waals surface area (Å²) in [6, 6.07) is 8.36. The average molecular weight is 272 g/mol. The van der Waals surface area contributed by atoms with E-state index in [0.29, 0.717) is 6.04 Å². The molecule has 2 saturated carbocycles. The molecule has 3 rings (SSSR count). The molecular formula is C18H28N2. The van der Waals surface area contributed by atoms with Gasteiger partial charge >= 0.3 is 0 Å². The van der Waals surface area contributed by atoms with Gasteiger partial charge in [0.25, 0.3) is 0 Å². The van der Waals surface area contributed by atoms with Crippen molar-refractivity contribution in [3.63, 3.8) is 0 Å². The molecule has 0 heterocycles. The number of nitrogens with one attached hydrogen (secondary N) is 1. The maximum atomic E-state index is 3.59.